The predicted octanol–water partition coefficient (Wildman–Crippen LogP) is 5.58. The van der Waals surface area contributed by atoms with Gasteiger partial charge in [0.1, 0.15) is 41.0 Å². The highest BCUT2D eigenvalue weighted by Crippen LogP contribution is 2.33. The van der Waals surface area contributed by atoms with Gasteiger partial charge in [-0.05, 0) is 105 Å². The molecule has 2 saturated heterocycles. The lowest BCUT2D eigenvalue weighted by Gasteiger charge is -2.41. The summed E-state index contributed by atoms with van der Waals surface area (Å²) < 4.78 is 96.6. The maximum Gasteiger partial charge on any atom is 0.325 e. The number of piperidine rings is 1. The molecule has 0 aromatic heterocycles. The Morgan fingerprint density at radius 1 is 0.842 bits per heavy atom. The Kier molecular flexibility index (Phi) is 13.6. The van der Waals surface area contributed by atoms with Gasteiger partial charge in [0.2, 0.25) is 20.0 Å². The van der Waals surface area contributed by atoms with E-state index in [1.807, 2.05) is 0 Å². The van der Waals surface area contributed by atoms with Gasteiger partial charge in [-0.2, -0.15) is 9.03 Å². The number of ether oxygens (including phenoxy) is 3. The van der Waals surface area contributed by atoms with Crippen LogP contribution in [-0.4, -0.2) is 85.3 Å². The van der Waals surface area contributed by atoms with Crippen LogP contribution in [0.2, 0.25) is 5.02 Å². The van der Waals surface area contributed by atoms with Crippen molar-refractivity contribution in [1.82, 2.24) is 9.03 Å². The van der Waals surface area contributed by atoms with Gasteiger partial charge in [-0.3, -0.25) is 9.59 Å². The molecule has 0 saturated carbocycles. The maximum absolute atomic E-state index is 13.1. The summed E-state index contributed by atoms with van der Waals surface area (Å²) in [4.78, 5) is 23.1. The number of carboxylic acid groups (broad SMARTS) is 2. The Hall–Kier alpha value is -4.69. The summed E-state index contributed by atoms with van der Waals surface area (Å²) in [6.07, 6.45) is 0.630. The molecule has 0 amide bonds. The number of rotatable bonds is 12. The lowest BCUT2D eigenvalue weighted by atomic mass is 9.88. The fourth-order valence-corrected chi connectivity index (χ4v) is 9.54. The van der Waals surface area contributed by atoms with Crippen molar-refractivity contribution in [3.8, 4) is 17.2 Å². The highest BCUT2D eigenvalue weighted by molar-refractivity contribution is 7.89. The van der Waals surface area contributed by atoms with E-state index in [9.17, 15) is 50.5 Å². The van der Waals surface area contributed by atoms with Gasteiger partial charge in [0.25, 0.3) is 0 Å². The van der Waals surface area contributed by atoms with Crippen molar-refractivity contribution in [3.63, 3.8) is 0 Å². The van der Waals surface area contributed by atoms with E-state index in [0.29, 0.717) is 29.2 Å². The Morgan fingerprint density at radius 3 is 1.95 bits per heavy atom. The van der Waals surface area contributed by atoms with Crippen LogP contribution in [0.25, 0.3) is 0 Å². The molecule has 0 spiro atoms. The van der Waals surface area contributed by atoms with E-state index >= 15 is 0 Å². The Balaban J connectivity index is 0.000000219. The molecular weight excluding hydrogens is 814 g/mol. The van der Waals surface area contributed by atoms with Gasteiger partial charge in [-0.1, -0.05) is 17.7 Å². The minimum atomic E-state index is -4.15. The number of hydrogen-bond acceptors (Lipinski definition) is 10. The number of carboxylic acids is 2. The lowest BCUT2D eigenvalue weighted by molar-refractivity contribution is -0.153. The molecule has 6 rings (SSSR count). The van der Waals surface area contributed by atoms with Crippen LogP contribution in [0.4, 0.5) is 8.78 Å². The minimum absolute atomic E-state index is 0.00321. The van der Waals surface area contributed by atoms with Crippen LogP contribution < -0.4 is 14.2 Å². The Labute approximate surface area is 332 Å². The van der Waals surface area contributed by atoms with Crippen molar-refractivity contribution >= 4 is 43.6 Å². The molecule has 4 aromatic carbocycles. The topological polar surface area (TPSA) is 206 Å². The minimum Gasteiger partial charge on any atom is -0.489 e. The normalized spacial score (nSPS) is 19.8. The molecule has 14 nitrogen and oxygen atoms in total. The Morgan fingerprint density at radius 2 is 1.39 bits per heavy atom. The highest BCUT2D eigenvalue weighted by atomic mass is 35.5. The fourth-order valence-electron chi connectivity index (χ4n) is 6.18. The summed E-state index contributed by atoms with van der Waals surface area (Å²) in [6.45, 7) is 1.71. The van der Waals surface area contributed by atoms with Gasteiger partial charge < -0.3 is 29.5 Å². The predicted molar refractivity (Wildman–Crippen MR) is 201 cm³/mol. The van der Waals surface area contributed by atoms with Gasteiger partial charge >= 0.3 is 11.9 Å². The molecule has 2 heterocycles. The average molecular weight is 853 g/mol. The first kappa shape index (κ1) is 43.4. The zero-order chi connectivity index (χ0) is 41.6. The number of aliphatic carboxylic acids is 2. The molecule has 306 valence electrons. The van der Waals surface area contributed by atoms with Crippen LogP contribution >= 0.6 is 11.6 Å². The lowest BCUT2D eigenvalue weighted by Crippen LogP contribution is -2.60. The summed E-state index contributed by atoms with van der Waals surface area (Å²) in [5, 5.41) is 29.6. The largest absolute Gasteiger partial charge is 0.489 e. The van der Waals surface area contributed by atoms with E-state index < -0.39 is 60.8 Å². The number of nitrogens with zero attached hydrogens (tertiary/aromatic N) is 1. The third-order valence-corrected chi connectivity index (χ3v) is 13.1. The van der Waals surface area contributed by atoms with Crippen molar-refractivity contribution in [3.05, 3.63) is 113 Å². The van der Waals surface area contributed by atoms with Crippen molar-refractivity contribution in [2.45, 2.75) is 66.2 Å². The van der Waals surface area contributed by atoms with E-state index in [1.165, 1.54) is 97.9 Å². The van der Waals surface area contributed by atoms with Crippen LogP contribution in [0.1, 0.15) is 38.2 Å². The molecule has 2 fully saturated rings. The van der Waals surface area contributed by atoms with Gasteiger partial charge in [0.15, 0.2) is 6.04 Å². The first-order valence-corrected chi connectivity index (χ1v) is 20.7. The highest BCUT2D eigenvalue weighted by Gasteiger charge is 2.49. The SMILES string of the molecule is C[C@@]1(O)CCCN(S(=O)(=O)c2ccc(OCc3ccc(F)cc3Cl)cc2)[C@H]1C(=O)O.O=C(O)C1(NS(=O)(=O)c2ccc(Oc3ccc(F)cc3)cc2)CCOCC1. The summed E-state index contributed by atoms with van der Waals surface area (Å²) in [5.74, 6) is -2.37. The smallest absolute Gasteiger partial charge is 0.325 e. The third-order valence-electron chi connectivity index (χ3n) is 9.28. The second kappa shape index (κ2) is 17.8. The molecule has 0 aliphatic carbocycles. The second-order valence-electron chi connectivity index (χ2n) is 13.4. The van der Waals surface area contributed by atoms with Crippen LogP contribution in [0, 0.1) is 11.6 Å². The van der Waals surface area contributed by atoms with Crippen molar-refractivity contribution in [2.24, 2.45) is 0 Å². The molecule has 0 bridgehead atoms. The summed E-state index contributed by atoms with van der Waals surface area (Å²) >= 11 is 5.96. The first-order chi connectivity index (χ1) is 26.8. The third kappa shape index (κ3) is 10.6. The quantitative estimate of drug-likeness (QED) is 0.138. The number of aliphatic hydroxyl groups is 1. The van der Waals surface area contributed by atoms with Gasteiger partial charge in [0.05, 0.1) is 20.4 Å². The van der Waals surface area contributed by atoms with Crippen molar-refractivity contribution < 1.29 is 64.7 Å². The summed E-state index contributed by atoms with van der Waals surface area (Å²) in [7, 11) is -8.20. The van der Waals surface area contributed by atoms with Gasteiger partial charge in [-0.15, -0.1) is 0 Å². The molecule has 2 atom stereocenters. The van der Waals surface area contributed by atoms with Crippen LogP contribution in [0.5, 0.6) is 17.2 Å². The van der Waals surface area contributed by atoms with E-state index in [1.54, 1.807) is 0 Å². The zero-order valence-electron chi connectivity index (χ0n) is 30.3. The van der Waals surface area contributed by atoms with Crippen LogP contribution in [0.3, 0.4) is 0 Å². The number of hydrogen-bond donors (Lipinski definition) is 4. The molecule has 57 heavy (non-hydrogen) atoms. The fraction of sp³-hybridized carbons (Fsp3) is 0.316. The number of sulfonamides is 2. The first-order valence-electron chi connectivity index (χ1n) is 17.4. The molecular formula is C38H39ClF2N2O12S2. The van der Waals surface area contributed by atoms with E-state index in [2.05, 4.69) is 4.72 Å². The monoisotopic (exact) mass is 852 g/mol. The standard InChI is InChI=1S/C20H21ClFNO6S.C18H18FNO6S/c1-20(26)9-2-10-23(18(20)19(24)25)30(27,28)16-7-5-15(6-8-16)29-12-13-3-4-14(22)11-17(13)21;19-13-1-3-14(4-2-13)26-15-5-7-16(8-6-15)27(23,24)20-18(17(21)22)9-11-25-12-10-18/h3-8,11,18,26H,2,9-10,12H2,1H3,(H,24,25);1-8,20H,9-12H2,(H,21,22)/t18-,20+;/m0./s1. The summed E-state index contributed by atoms with van der Waals surface area (Å²) in [5.41, 5.74) is -2.69. The maximum atomic E-state index is 13.1. The summed E-state index contributed by atoms with van der Waals surface area (Å²) in [6, 6.07) is 18.7. The molecule has 19 heteroatoms. The van der Waals surface area contributed by atoms with E-state index in [-0.39, 0.29) is 60.4 Å². The molecule has 4 aromatic rings. The van der Waals surface area contributed by atoms with Crippen molar-refractivity contribution in [1.29, 1.82) is 0 Å². The Bertz CT molecular complexity index is 2270. The second-order valence-corrected chi connectivity index (χ2v) is 17.4. The van der Waals surface area contributed by atoms with E-state index in [4.69, 9.17) is 25.8 Å². The van der Waals surface area contributed by atoms with E-state index in [0.717, 1.165) is 4.31 Å². The van der Waals surface area contributed by atoms with Gasteiger partial charge in [0, 0.05) is 38.2 Å². The van der Waals surface area contributed by atoms with Crippen LogP contribution in [0.15, 0.2) is 101 Å². The molecule has 2 aliphatic rings. The number of nitrogens with one attached hydrogen (secondary N) is 1. The van der Waals surface area contributed by atoms with Crippen LogP contribution in [-0.2, 0) is 41.0 Å². The molecule has 4 N–H and O–H groups in total. The van der Waals surface area contributed by atoms with Crippen molar-refractivity contribution in [2.75, 3.05) is 19.8 Å². The molecule has 2 aliphatic heterocycles. The van der Waals surface area contributed by atoms with Gasteiger partial charge in [-0.25, -0.2) is 25.6 Å². The number of carbonyl (C=O) groups is 2. The number of halogens is 3. The number of benzene rings is 4. The molecule has 0 radical (unpaired) electrons. The zero-order valence-corrected chi connectivity index (χ0v) is 32.7. The average Bonchev–Trinajstić information content (AvgIpc) is 3.15. The molecule has 0 unspecified atom stereocenters.